The highest BCUT2D eigenvalue weighted by molar-refractivity contribution is 5.51. The maximum Gasteiger partial charge on any atom is 0.247 e. The molecular weight excluding hydrogens is 218 g/mol. The first-order chi connectivity index (χ1) is 8.34. The van der Waals surface area contributed by atoms with Crippen LogP contribution in [0.4, 0.5) is 0 Å². The van der Waals surface area contributed by atoms with E-state index in [0.717, 1.165) is 31.4 Å². The summed E-state index contributed by atoms with van der Waals surface area (Å²) in [7, 11) is 0. The second kappa shape index (κ2) is 4.00. The van der Waals surface area contributed by atoms with Gasteiger partial charge in [-0.15, -0.1) is 0 Å². The van der Waals surface area contributed by atoms with Crippen molar-refractivity contribution in [3.05, 3.63) is 24.5 Å². The van der Waals surface area contributed by atoms with Crippen molar-refractivity contribution in [3.8, 4) is 11.4 Å². The average molecular weight is 233 g/mol. The Kier molecular flexibility index (Phi) is 2.48. The van der Waals surface area contributed by atoms with Gasteiger partial charge in [-0.2, -0.15) is 4.98 Å². The number of hydrogen-bond acceptors (Lipinski definition) is 5. The van der Waals surface area contributed by atoms with Crippen molar-refractivity contribution in [1.82, 2.24) is 15.5 Å². The fourth-order valence-electron chi connectivity index (χ4n) is 2.37. The third-order valence-corrected chi connectivity index (χ3v) is 3.46. The molecule has 1 unspecified atom stereocenters. The molecule has 0 saturated carbocycles. The molecule has 2 aromatic heterocycles. The zero-order valence-corrected chi connectivity index (χ0v) is 9.77. The second-order valence-corrected chi connectivity index (χ2v) is 4.40. The predicted octanol–water partition coefficient (Wildman–Crippen LogP) is 2.32. The van der Waals surface area contributed by atoms with Gasteiger partial charge in [0.15, 0.2) is 0 Å². The Morgan fingerprint density at radius 2 is 2.47 bits per heavy atom. The van der Waals surface area contributed by atoms with E-state index in [0.29, 0.717) is 11.7 Å². The largest absolute Gasteiger partial charge is 0.472 e. The summed E-state index contributed by atoms with van der Waals surface area (Å²) in [5, 5.41) is 7.49. The van der Waals surface area contributed by atoms with Crippen molar-refractivity contribution < 1.29 is 8.94 Å². The molecule has 0 spiro atoms. The van der Waals surface area contributed by atoms with Crippen LogP contribution in [0.2, 0.25) is 0 Å². The smallest absolute Gasteiger partial charge is 0.247 e. The van der Waals surface area contributed by atoms with E-state index in [1.807, 2.05) is 6.07 Å². The van der Waals surface area contributed by atoms with Crippen molar-refractivity contribution in [2.24, 2.45) is 0 Å². The maximum atomic E-state index is 5.40. The molecule has 3 heterocycles. The summed E-state index contributed by atoms with van der Waals surface area (Å²) in [6, 6.07) is 1.83. The summed E-state index contributed by atoms with van der Waals surface area (Å²) >= 11 is 0. The summed E-state index contributed by atoms with van der Waals surface area (Å²) in [5.74, 6) is 1.28. The van der Waals surface area contributed by atoms with E-state index in [1.54, 1.807) is 12.5 Å². The Balaban J connectivity index is 1.94. The van der Waals surface area contributed by atoms with Gasteiger partial charge in [0.1, 0.15) is 6.26 Å². The van der Waals surface area contributed by atoms with Gasteiger partial charge in [-0.05, 0) is 31.9 Å². The van der Waals surface area contributed by atoms with E-state index >= 15 is 0 Å². The average Bonchev–Trinajstić information content (AvgIpc) is 3.10. The van der Waals surface area contributed by atoms with Crippen LogP contribution in [0.3, 0.4) is 0 Å². The highest BCUT2D eigenvalue weighted by Crippen LogP contribution is 2.33. The van der Waals surface area contributed by atoms with Crippen molar-refractivity contribution in [2.45, 2.75) is 31.7 Å². The first kappa shape index (κ1) is 10.5. The fourth-order valence-corrected chi connectivity index (χ4v) is 2.37. The molecule has 1 fully saturated rings. The normalized spacial score (nSPS) is 24.3. The number of nitrogens with one attached hydrogen (secondary N) is 1. The van der Waals surface area contributed by atoms with Crippen LogP contribution in [-0.4, -0.2) is 16.7 Å². The fraction of sp³-hybridized carbons (Fsp3) is 0.500. The Hall–Kier alpha value is -1.62. The maximum absolute atomic E-state index is 5.40. The minimum atomic E-state index is -0.130. The summed E-state index contributed by atoms with van der Waals surface area (Å²) in [6.07, 6.45) is 6.39. The Labute approximate surface area is 99.2 Å². The highest BCUT2D eigenvalue weighted by Gasteiger charge is 2.38. The molecule has 0 aliphatic carbocycles. The van der Waals surface area contributed by atoms with Gasteiger partial charge in [-0.25, -0.2) is 0 Å². The number of hydrogen-bond donors (Lipinski definition) is 1. The first-order valence-corrected chi connectivity index (χ1v) is 5.96. The molecule has 90 valence electrons. The van der Waals surface area contributed by atoms with Crippen LogP contribution < -0.4 is 5.32 Å². The lowest BCUT2D eigenvalue weighted by atomic mass is 9.94. The van der Waals surface area contributed by atoms with Crippen LogP contribution in [0, 0.1) is 0 Å². The van der Waals surface area contributed by atoms with Crippen LogP contribution in [0.25, 0.3) is 11.4 Å². The van der Waals surface area contributed by atoms with Gasteiger partial charge in [0, 0.05) is 0 Å². The van der Waals surface area contributed by atoms with Gasteiger partial charge in [0.05, 0.1) is 17.4 Å². The Morgan fingerprint density at radius 3 is 3.12 bits per heavy atom. The molecule has 0 bridgehead atoms. The van der Waals surface area contributed by atoms with Crippen LogP contribution in [-0.2, 0) is 5.54 Å². The molecule has 0 radical (unpaired) electrons. The van der Waals surface area contributed by atoms with Gasteiger partial charge < -0.3 is 14.3 Å². The number of nitrogens with zero attached hydrogens (tertiary/aromatic N) is 2. The lowest BCUT2D eigenvalue weighted by Gasteiger charge is -2.22. The third kappa shape index (κ3) is 1.67. The van der Waals surface area contributed by atoms with Crippen LogP contribution >= 0.6 is 0 Å². The van der Waals surface area contributed by atoms with Gasteiger partial charge in [0.2, 0.25) is 11.7 Å². The molecule has 0 amide bonds. The molecule has 1 saturated heterocycles. The summed E-state index contributed by atoms with van der Waals surface area (Å²) in [6.45, 7) is 3.15. The van der Waals surface area contributed by atoms with Gasteiger partial charge in [0.25, 0.3) is 0 Å². The van der Waals surface area contributed by atoms with E-state index < -0.39 is 0 Å². The summed E-state index contributed by atoms with van der Waals surface area (Å²) in [5.41, 5.74) is 0.721. The molecule has 17 heavy (non-hydrogen) atoms. The minimum Gasteiger partial charge on any atom is -0.472 e. The standard InChI is InChI=1S/C12H15N3O2/c1-2-12(5-3-6-13-12)11-14-10(15-17-11)9-4-7-16-8-9/h4,7-8,13H,2-3,5-6H2,1H3. The van der Waals surface area contributed by atoms with Gasteiger partial charge in [-0.3, -0.25) is 0 Å². The Morgan fingerprint density at radius 1 is 1.53 bits per heavy atom. The molecule has 0 aromatic carbocycles. The van der Waals surface area contributed by atoms with Crippen molar-refractivity contribution >= 4 is 0 Å². The van der Waals surface area contributed by atoms with Crippen molar-refractivity contribution in [1.29, 1.82) is 0 Å². The summed E-state index contributed by atoms with van der Waals surface area (Å²) < 4.78 is 10.4. The summed E-state index contributed by atoms with van der Waals surface area (Å²) in [4.78, 5) is 4.48. The van der Waals surface area contributed by atoms with E-state index in [-0.39, 0.29) is 5.54 Å². The van der Waals surface area contributed by atoms with Gasteiger partial charge in [-0.1, -0.05) is 12.1 Å². The molecule has 5 heteroatoms. The zero-order chi connectivity index (χ0) is 11.7. The molecule has 1 N–H and O–H groups in total. The Bertz CT molecular complexity index is 484. The monoisotopic (exact) mass is 233 g/mol. The topological polar surface area (TPSA) is 64.1 Å². The van der Waals surface area contributed by atoms with Crippen LogP contribution in [0.5, 0.6) is 0 Å². The quantitative estimate of drug-likeness (QED) is 0.881. The van der Waals surface area contributed by atoms with Gasteiger partial charge >= 0.3 is 0 Å². The molecule has 1 aliphatic heterocycles. The lowest BCUT2D eigenvalue weighted by Crippen LogP contribution is -2.36. The molecule has 3 rings (SSSR count). The number of aromatic nitrogens is 2. The first-order valence-electron chi connectivity index (χ1n) is 5.96. The molecule has 2 aromatic rings. The third-order valence-electron chi connectivity index (χ3n) is 3.46. The zero-order valence-electron chi connectivity index (χ0n) is 9.77. The molecule has 5 nitrogen and oxygen atoms in total. The minimum absolute atomic E-state index is 0.130. The van der Waals surface area contributed by atoms with E-state index in [2.05, 4.69) is 22.4 Å². The van der Waals surface area contributed by atoms with Crippen LogP contribution in [0.1, 0.15) is 32.1 Å². The number of rotatable bonds is 3. The SMILES string of the molecule is CCC1(c2nc(-c3ccoc3)no2)CCCN1. The van der Waals surface area contributed by atoms with Crippen molar-refractivity contribution in [3.63, 3.8) is 0 Å². The lowest BCUT2D eigenvalue weighted by molar-refractivity contribution is 0.250. The van der Waals surface area contributed by atoms with Crippen LogP contribution in [0.15, 0.2) is 27.5 Å². The number of furan rings is 1. The van der Waals surface area contributed by atoms with E-state index in [9.17, 15) is 0 Å². The molecular formula is C12H15N3O2. The second-order valence-electron chi connectivity index (χ2n) is 4.40. The highest BCUT2D eigenvalue weighted by atomic mass is 16.5. The van der Waals surface area contributed by atoms with Crippen molar-refractivity contribution in [2.75, 3.05) is 6.54 Å². The van der Waals surface area contributed by atoms with E-state index in [1.165, 1.54) is 0 Å². The predicted molar refractivity (Wildman–Crippen MR) is 61.2 cm³/mol. The molecule has 1 atom stereocenters. The molecule has 1 aliphatic rings. The van der Waals surface area contributed by atoms with E-state index in [4.69, 9.17) is 8.94 Å².